The quantitative estimate of drug-likeness (QED) is 0.271. The van der Waals surface area contributed by atoms with Crippen molar-refractivity contribution in [1.29, 1.82) is 0 Å². The van der Waals surface area contributed by atoms with Crippen LogP contribution >= 0.6 is 0 Å². The summed E-state index contributed by atoms with van der Waals surface area (Å²) in [5.41, 5.74) is 2.31. The smallest absolute Gasteiger partial charge is 0.237 e. The van der Waals surface area contributed by atoms with Gasteiger partial charge in [0.15, 0.2) is 9.84 Å². The van der Waals surface area contributed by atoms with Crippen LogP contribution in [0.1, 0.15) is 44.2 Å². The lowest BCUT2D eigenvalue weighted by Gasteiger charge is -2.28. The van der Waals surface area contributed by atoms with Crippen molar-refractivity contribution in [2.24, 2.45) is 0 Å². The van der Waals surface area contributed by atoms with E-state index in [1.165, 1.54) is 16.1 Å². The minimum Gasteiger partial charge on any atom is -0.342 e. The van der Waals surface area contributed by atoms with Gasteiger partial charge in [-0.15, -0.1) is 0 Å². The fourth-order valence-corrected chi connectivity index (χ4v) is 7.36. The third-order valence-corrected chi connectivity index (χ3v) is 10.8. The van der Waals surface area contributed by atoms with Crippen LogP contribution in [0.4, 0.5) is 0 Å². The summed E-state index contributed by atoms with van der Waals surface area (Å²) in [5, 5.41) is 3.21. The Morgan fingerprint density at radius 1 is 0.929 bits per heavy atom. The fourth-order valence-electron chi connectivity index (χ4n) is 5.35. The maximum Gasteiger partial charge on any atom is 0.237 e. The second-order valence-corrected chi connectivity index (χ2v) is 15.3. The molecule has 1 N–H and O–H groups in total. The SMILES string of the molecule is CCN(CCCCN1CCCN(S(=O)(=O)CCNCCc2ccccc2)CC1=O)C(C)Cc1ccc(S(C)(=O)=O)cc1. The van der Waals surface area contributed by atoms with Crippen molar-refractivity contribution in [3.8, 4) is 0 Å². The lowest BCUT2D eigenvalue weighted by molar-refractivity contribution is -0.130. The maximum atomic E-state index is 12.9. The molecule has 234 valence electrons. The third kappa shape index (κ3) is 11.1. The van der Waals surface area contributed by atoms with E-state index in [0.717, 1.165) is 44.3 Å². The standard InChI is InChI=1S/C31H48N4O5S2/c1-4-33(27(2)25-29-13-15-30(16-14-29)41(3,37)38)20-8-9-21-34-22-10-23-35(26-31(34)36)42(39,40)24-19-32-18-17-28-11-6-5-7-12-28/h5-7,11-16,27,32H,4,8-10,17-26H2,1-3H3. The highest BCUT2D eigenvalue weighted by atomic mass is 32.2. The van der Waals surface area contributed by atoms with Crippen molar-refractivity contribution < 1.29 is 21.6 Å². The normalized spacial score (nSPS) is 16.1. The molecule has 1 amide bonds. The molecule has 1 saturated heterocycles. The Kier molecular flexibility index (Phi) is 13.4. The van der Waals surface area contributed by atoms with Crippen LogP contribution in [-0.4, -0.2) is 107 Å². The predicted octanol–water partition coefficient (Wildman–Crippen LogP) is 2.82. The Morgan fingerprint density at radius 2 is 1.64 bits per heavy atom. The molecule has 1 atom stereocenters. The molecule has 0 aliphatic carbocycles. The highest BCUT2D eigenvalue weighted by molar-refractivity contribution is 7.90. The molecule has 0 aromatic heterocycles. The van der Waals surface area contributed by atoms with E-state index in [1.54, 1.807) is 12.1 Å². The van der Waals surface area contributed by atoms with Gasteiger partial charge in [-0.3, -0.25) is 4.79 Å². The number of likely N-dealkylation sites (N-methyl/N-ethyl adjacent to an activating group) is 1. The molecule has 1 aliphatic heterocycles. The number of amides is 1. The molecule has 0 saturated carbocycles. The molecule has 1 fully saturated rings. The van der Waals surface area contributed by atoms with Crippen LogP contribution in [0.15, 0.2) is 59.5 Å². The zero-order chi connectivity index (χ0) is 30.6. The first-order valence-corrected chi connectivity index (χ1v) is 18.5. The summed E-state index contributed by atoms with van der Waals surface area (Å²) in [4.78, 5) is 17.5. The number of carbonyl (C=O) groups is 1. The van der Waals surface area contributed by atoms with Crippen LogP contribution in [0.25, 0.3) is 0 Å². The molecule has 11 heteroatoms. The summed E-state index contributed by atoms with van der Waals surface area (Å²) >= 11 is 0. The molecule has 42 heavy (non-hydrogen) atoms. The van der Waals surface area contributed by atoms with E-state index in [9.17, 15) is 21.6 Å². The number of nitrogens with zero attached hydrogens (tertiary/aromatic N) is 3. The molecule has 3 rings (SSSR count). The van der Waals surface area contributed by atoms with Crippen molar-refractivity contribution in [3.63, 3.8) is 0 Å². The van der Waals surface area contributed by atoms with Crippen LogP contribution in [-0.2, 0) is 37.5 Å². The summed E-state index contributed by atoms with van der Waals surface area (Å²) in [6.07, 6.45) is 5.32. The van der Waals surface area contributed by atoms with Crippen LogP contribution < -0.4 is 5.32 Å². The third-order valence-electron chi connectivity index (χ3n) is 7.90. The van der Waals surface area contributed by atoms with E-state index < -0.39 is 19.9 Å². The minimum atomic E-state index is -3.51. The summed E-state index contributed by atoms with van der Waals surface area (Å²) in [5.74, 6) is -0.131. The number of sulfone groups is 1. The van der Waals surface area contributed by atoms with E-state index in [0.29, 0.717) is 50.1 Å². The van der Waals surface area contributed by atoms with Crippen LogP contribution in [0.2, 0.25) is 0 Å². The molecule has 2 aromatic rings. The molecule has 0 spiro atoms. The van der Waals surface area contributed by atoms with Gasteiger partial charge in [0.05, 0.1) is 17.2 Å². The van der Waals surface area contributed by atoms with E-state index in [4.69, 9.17) is 0 Å². The predicted molar refractivity (Wildman–Crippen MR) is 169 cm³/mol. The van der Waals surface area contributed by atoms with Crippen LogP contribution in [0.5, 0.6) is 0 Å². The summed E-state index contributed by atoms with van der Waals surface area (Å²) in [6, 6.07) is 17.5. The first-order chi connectivity index (χ1) is 20.0. The van der Waals surface area contributed by atoms with Gasteiger partial charge in [-0.25, -0.2) is 16.8 Å². The Labute approximate surface area is 253 Å². The van der Waals surface area contributed by atoms with Crippen molar-refractivity contribution in [1.82, 2.24) is 19.4 Å². The van der Waals surface area contributed by atoms with Gasteiger partial charge < -0.3 is 15.1 Å². The Hall–Kier alpha value is -2.31. The molecule has 0 bridgehead atoms. The van der Waals surface area contributed by atoms with Gasteiger partial charge in [0.1, 0.15) is 0 Å². The first kappa shape index (κ1) is 34.2. The fraction of sp³-hybridized carbons (Fsp3) is 0.581. The largest absolute Gasteiger partial charge is 0.342 e. The van der Waals surface area contributed by atoms with Gasteiger partial charge >= 0.3 is 0 Å². The first-order valence-electron chi connectivity index (χ1n) is 15.0. The molecule has 0 radical (unpaired) electrons. The molecular formula is C31H48N4O5S2. The van der Waals surface area contributed by atoms with Gasteiger partial charge in [-0.05, 0) is 81.9 Å². The van der Waals surface area contributed by atoms with E-state index in [2.05, 4.69) is 36.2 Å². The zero-order valence-corrected chi connectivity index (χ0v) is 27.0. The second kappa shape index (κ2) is 16.5. The van der Waals surface area contributed by atoms with Gasteiger partial charge in [-0.2, -0.15) is 4.31 Å². The average molecular weight is 621 g/mol. The van der Waals surface area contributed by atoms with Crippen LogP contribution in [0, 0.1) is 0 Å². The van der Waals surface area contributed by atoms with Gasteiger partial charge in [0.2, 0.25) is 15.9 Å². The number of unbranched alkanes of at least 4 members (excludes halogenated alkanes) is 1. The Bertz CT molecular complexity index is 1320. The molecule has 1 aliphatic rings. The molecule has 1 unspecified atom stereocenters. The minimum absolute atomic E-state index is 0.0119. The number of hydrogen-bond donors (Lipinski definition) is 1. The van der Waals surface area contributed by atoms with Crippen LogP contribution in [0.3, 0.4) is 0 Å². The highest BCUT2D eigenvalue weighted by Gasteiger charge is 2.29. The van der Waals surface area contributed by atoms with Gasteiger partial charge in [-0.1, -0.05) is 49.4 Å². The Morgan fingerprint density at radius 3 is 2.31 bits per heavy atom. The van der Waals surface area contributed by atoms with Crippen molar-refractivity contribution in [2.45, 2.75) is 56.9 Å². The average Bonchev–Trinajstić information content (AvgIpc) is 3.14. The highest BCUT2D eigenvalue weighted by Crippen LogP contribution is 2.15. The lowest BCUT2D eigenvalue weighted by atomic mass is 10.1. The maximum absolute atomic E-state index is 12.9. The van der Waals surface area contributed by atoms with Gasteiger partial charge in [0.25, 0.3) is 0 Å². The van der Waals surface area contributed by atoms with E-state index in [1.807, 2.05) is 35.2 Å². The molecule has 1 heterocycles. The molecular weight excluding hydrogens is 572 g/mol. The number of benzene rings is 2. The number of nitrogens with one attached hydrogen (secondary N) is 1. The molecule has 2 aromatic carbocycles. The summed E-state index contributed by atoms with van der Waals surface area (Å²) in [6.45, 7) is 8.70. The van der Waals surface area contributed by atoms with E-state index >= 15 is 0 Å². The summed E-state index contributed by atoms with van der Waals surface area (Å²) in [7, 11) is -6.70. The summed E-state index contributed by atoms with van der Waals surface area (Å²) < 4.78 is 50.6. The van der Waals surface area contributed by atoms with E-state index in [-0.39, 0.29) is 18.2 Å². The monoisotopic (exact) mass is 620 g/mol. The van der Waals surface area contributed by atoms with Crippen molar-refractivity contribution in [3.05, 3.63) is 65.7 Å². The number of sulfonamides is 1. The molecule has 9 nitrogen and oxygen atoms in total. The number of rotatable bonds is 17. The van der Waals surface area contributed by atoms with Gasteiger partial charge in [0, 0.05) is 38.5 Å². The number of carbonyl (C=O) groups excluding carboxylic acids is 1. The lowest BCUT2D eigenvalue weighted by Crippen LogP contribution is -2.42. The van der Waals surface area contributed by atoms with Crippen molar-refractivity contribution in [2.75, 3.05) is 64.4 Å². The topological polar surface area (TPSA) is 107 Å². The Balaban J connectivity index is 1.37. The number of hydrogen-bond acceptors (Lipinski definition) is 7. The van der Waals surface area contributed by atoms with Crippen molar-refractivity contribution >= 4 is 25.8 Å². The zero-order valence-electron chi connectivity index (χ0n) is 25.4. The second-order valence-electron chi connectivity index (χ2n) is 11.2.